The lowest BCUT2D eigenvalue weighted by atomic mass is 9.97. The van der Waals surface area contributed by atoms with Gasteiger partial charge in [0.05, 0.1) is 31.2 Å². The number of benzene rings is 3. The molecule has 0 saturated carbocycles. The van der Waals surface area contributed by atoms with E-state index in [4.69, 9.17) is 13.9 Å². The van der Waals surface area contributed by atoms with Crippen molar-refractivity contribution < 1.29 is 18.7 Å². The molecule has 0 bridgehead atoms. The van der Waals surface area contributed by atoms with Gasteiger partial charge in [-0.3, -0.25) is 9.59 Å². The van der Waals surface area contributed by atoms with E-state index in [1.165, 1.54) is 0 Å². The maximum atomic E-state index is 13.7. The molecule has 6 nitrogen and oxygen atoms in total. The quantitative estimate of drug-likeness (QED) is 0.442. The minimum Gasteiger partial charge on any atom is -0.493 e. The van der Waals surface area contributed by atoms with Crippen LogP contribution < -0.4 is 14.9 Å². The summed E-state index contributed by atoms with van der Waals surface area (Å²) in [5, 5.41) is 0.466. The van der Waals surface area contributed by atoms with E-state index in [0.717, 1.165) is 16.7 Å². The molecular formula is C27H23NO5. The number of amides is 1. The van der Waals surface area contributed by atoms with Crippen LogP contribution in [-0.4, -0.2) is 25.0 Å². The zero-order valence-electron chi connectivity index (χ0n) is 18.6. The van der Waals surface area contributed by atoms with Crippen LogP contribution in [0.15, 0.2) is 75.9 Å². The van der Waals surface area contributed by atoms with Crippen LogP contribution in [0.1, 0.15) is 38.9 Å². The van der Waals surface area contributed by atoms with Crippen LogP contribution in [-0.2, 0) is 6.54 Å². The molecule has 0 N–H and O–H groups in total. The molecule has 6 heteroatoms. The molecule has 1 unspecified atom stereocenters. The molecule has 33 heavy (non-hydrogen) atoms. The Morgan fingerprint density at radius 3 is 2.39 bits per heavy atom. The third-order valence-corrected chi connectivity index (χ3v) is 6.04. The second-order valence-electron chi connectivity index (χ2n) is 8.11. The monoisotopic (exact) mass is 441 g/mol. The third kappa shape index (κ3) is 3.44. The van der Waals surface area contributed by atoms with Crippen molar-refractivity contribution in [3.05, 3.63) is 105 Å². The molecule has 0 aliphatic carbocycles. The molecule has 1 aliphatic rings. The van der Waals surface area contributed by atoms with Crippen molar-refractivity contribution in [2.24, 2.45) is 0 Å². The smallest absolute Gasteiger partial charge is 0.291 e. The van der Waals surface area contributed by atoms with Crippen LogP contribution in [0.5, 0.6) is 11.5 Å². The number of ether oxygens (including phenoxy) is 2. The average Bonchev–Trinajstić information content (AvgIpc) is 3.11. The van der Waals surface area contributed by atoms with E-state index in [1.54, 1.807) is 37.3 Å². The molecule has 1 amide bonds. The minimum atomic E-state index is -0.617. The van der Waals surface area contributed by atoms with Gasteiger partial charge in [0.25, 0.3) is 5.91 Å². The standard InChI is InChI=1S/C27H23NO5/c1-16-9-11-20-19(13-16)25(29)23-24(18-10-12-21(31-2)22(14-18)32-3)28(27(30)26(23)33-20)15-17-7-5-4-6-8-17/h4-14,24H,15H2,1-3H3. The third-order valence-electron chi connectivity index (χ3n) is 6.04. The van der Waals surface area contributed by atoms with Crippen LogP contribution in [0.3, 0.4) is 0 Å². The Morgan fingerprint density at radius 1 is 0.909 bits per heavy atom. The first-order valence-electron chi connectivity index (χ1n) is 10.7. The fourth-order valence-corrected chi connectivity index (χ4v) is 4.45. The maximum Gasteiger partial charge on any atom is 0.291 e. The van der Waals surface area contributed by atoms with Gasteiger partial charge in [0.2, 0.25) is 5.76 Å². The summed E-state index contributed by atoms with van der Waals surface area (Å²) < 4.78 is 16.9. The summed E-state index contributed by atoms with van der Waals surface area (Å²) in [7, 11) is 3.12. The molecule has 1 aromatic heterocycles. The summed E-state index contributed by atoms with van der Waals surface area (Å²) in [4.78, 5) is 28.9. The number of methoxy groups -OCH3 is 2. The highest BCUT2D eigenvalue weighted by Gasteiger charge is 2.43. The predicted molar refractivity (Wildman–Crippen MR) is 125 cm³/mol. The summed E-state index contributed by atoms with van der Waals surface area (Å²) in [6.45, 7) is 2.25. The van der Waals surface area contributed by atoms with E-state index in [0.29, 0.717) is 34.6 Å². The Hall–Kier alpha value is -4.06. The second-order valence-corrected chi connectivity index (χ2v) is 8.11. The lowest BCUT2D eigenvalue weighted by Gasteiger charge is -2.26. The zero-order chi connectivity index (χ0) is 23.1. The normalized spacial score (nSPS) is 15.1. The number of carbonyl (C=O) groups is 1. The van der Waals surface area contributed by atoms with Crippen molar-refractivity contribution in [3.63, 3.8) is 0 Å². The summed E-state index contributed by atoms with van der Waals surface area (Å²) >= 11 is 0. The molecule has 4 aromatic rings. The number of aryl methyl sites for hydroxylation is 1. The fourth-order valence-electron chi connectivity index (χ4n) is 4.45. The topological polar surface area (TPSA) is 69.0 Å². The number of fused-ring (bicyclic) bond motifs is 2. The largest absolute Gasteiger partial charge is 0.493 e. The van der Waals surface area contributed by atoms with Gasteiger partial charge in [-0.2, -0.15) is 0 Å². The first kappa shape index (κ1) is 20.8. The molecule has 0 spiro atoms. The van der Waals surface area contributed by atoms with Crippen molar-refractivity contribution in [3.8, 4) is 11.5 Å². The molecular weight excluding hydrogens is 418 g/mol. The van der Waals surface area contributed by atoms with E-state index in [-0.39, 0.29) is 17.1 Å². The van der Waals surface area contributed by atoms with E-state index in [9.17, 15) is 9.59 Å². The molecule has 1 atom stereocenters. The Balaban J connectivity index is 1.74. The van der Waals surface area contributed by atoms with Gasteiger partial charge in [-0.1, -0.05) is 48.0 Å². The Bertz CT molecular complexity index is 1420. The first-order chi connectivity index (χ1) is 16.0. The average molecular weight is 441 g/mol. The van der Waals surface area contributed by atoms with Crippen molar-refractivity contribution in [1.82, 2.24) is 4.90 Å². The zero-order valence-corrected chi connectivity index (χ0v) is 18.6. The summed E-state index contributed by atoms with van der Waals surface area (Å²) in [6, 6.07) is 19.9. The predicted octanol–water partition coefficient (Wildman–Crippen LogP) is 4.86. The second kappa shape index (κ2) is 8.13. The van der Waals surface area contributed by atoms with Crippen LogP contribution >= 0.6 is 0 Å². The summed E-state index contributed by atoms with van der Waals surface area (Å²) in [6.07, 6.45) is 0. The summed E-state index contributed by atoms with van der Waals surface area (Å²) in [5.74, 6) is 0.874. The van der Waals surface area contributed by atoms with E-state index in [2.05, 4.69) is 0 Å². The highest BCUT2D eigenvalue weighted by Crippen LogP contribution is 2.41. The van der Waals surface area contributed by atoms with Crippen molar-refractivity contribution >= 4 is 16.9 Å². The lowest BCUT2D eigenvalue weighted by Crippen LogP contribution is -2.29. The first-order valence-corrected chi connectivity index (χ1v) is 10.7. The minimum absolute atomic E-state index is 0.0899. The Morgan fingerprint density at radius 2 is 1.67 bits per heavy atom. The molecule has 3 aromatic carbocycles. The van der Waals surface area contributed by atoms with Gasteiger partial charge in [0, 0.05) is 6.54 Å². The molecule has 5 rings (SSSR count). The number of nitrogens with zero attached hydrogens (tertiary/aromatic N) is 1. The van der Waals surface area contributed by atoms with Gasteiger partial charge in [-0.05, 0) is 42.3 Å². The van der Waals surface area contributed by atoms with Gasteiger partial charge in [-0.15, -0.1) is 0 Å². The molecule has 0 saturated heterocycles. The van der Waals surface area contributed by atoms with Crippen LogP contribution in [0.4, 0.5) is 0 Å². The Labute approximate surface area is 191 Å². The van der Waals surface area contributed by atoms with Crippen LogP contribution in [0, 0.1) is 6.92 Å². The SMILES string of the molecule is COc1ccc(C2c3c(oc4ccc(C)cc4c3=O)C(=O)N2Cc2ccccc2)cc1OC. The maximum absolute atomic E-state index is 13.7. The fraction of sp³-hybridized carbons (Fsp3) is 0.185. The number of carbonyl (C=O) groups excluding carboxylic acids is 1. The van der Waals surface area contributed by atoms with Gasteiger partial charge in [0.15, 0.2) is 16.9 Å². The number of hydrogen-bond acceptors (Lipinski definition) is 5. The van der Waals surface area contributed by atoms with Gasteiger partial charge >= 0.3 is 0 Å². The van der Waals surface area contributed by atoms with Crippen molar-refractivity contribution in [1.29, 1.82) is 0 Å². The Kier molecular flexibility index (Phi) is 5.13. The molecule has 0 radical (unpaired) electrons. The van der Waals surface area contributed by atoms with E-state index in [1.807, 2.05) is 55.5 Å². The van der Waals surface area contributed by atoms with E-state index >= 15 is 0 Å². The van der Waals surface area contributed by atoms with Gasteiger partial charge < -0.3 is 18.8 Å². The van der Waals surface area contributed by atoms with Gasteiger partial charge in [0.1, 0.15) is 5.58 Å². The van der Waals surface area contributed by atoms with Crippen molar-refractivity contribution in [2.45, 2.75) is 19.5 Å². The number of rotatable bonds is 5. The molecule has 2 heterocycles. The van der Waals surface area contributed by atoms with Crippen molar-refractivity contribution in [2.75, 3.05) is 14.2 Å². The summed E-state index contributed by atoms with van der Waals surface area (Å²) in [5.41, 5.74) is 3.21. The molecule has 166 valence electrons. The van der Waals surface area contributed by atoms with E-state index < -0.39 is 6.04 Å². The van der Waals surface area contributed by atoms with Gasteiger partial charge in [-0.25, -0.2) is 0 Å². The highest BCUT2D eigenvalue weighted by molar-refractivity contribution is 5.99. The van der Waals surface area contributed by atoms with Crippen LogP contribution in [0.2, 0.25) is 0 Å². The lowest BCUT2D eigenvalue weighted by molar-refractivity contribution is 0.0714. The number of hydrogen-bond donors (Lipinski definition) is 0. The van der Waals surface area contributed by atoms with Crippen LogP contribution in [0.25, 0.3) is 11.0 Å². The molecule has 1 aliphatic heterocycles. The molecule has 0 fully saturated rings. The highest BCUT2D eigenvalue weighted by atomic mass is 16.5.